The maximum atomic E-state index is 12.9. The quantitative estimate of drug-likeness (QED) is 0.503. The fourth-order valence-electron chi connectivity index (χ4n) is 4.21. The molecule has 0 saturated carbocycles. The Balaban J connectivity index is 1.30. The lowest BCUT2D eigenvalue weighted by atomic mass is 10.2. The highest BCUT2D eigenvalue weighted by molar-refractivity contribution is 6.06. The molecular formula is C22H26N8O. The van der Waals surface area contributed by atoms with Gasteiger partial charge in [-0.05, 0) is 50.5 Å². The van der Waals surface area contributed by atoms with Crippen molar-refractivity contribution < 1.29 is 4.79 Å². The van der Waals surface area contributed by atoms with Crippen LogP contribution in [0.5, 0.6) is 0 Å². The second kappa shape index (κ2) is 8.35. The number of aryl methyl sites for hydroxylation is 2. The number of carbonyl (C=O) groups is 1. The van der Waals surface area contributed by atoms with Crippen molar-refractivity contribution in [3.8, 4) is 0 Å². The highest BCUT2D eigenvalue weighted by atomic mass is 16.2. The molecule has 9 heteroatoms. The third-order valence-corrected chi connectivity index (χ3v) is 5.77. The van der Waals surface area contributed by atoms with Gasteiger partial charge in [-0.25, -0.2) is 9.97 Å². The number of aromatic nitrogens is 4. The molecular weight excluding hydrogens is 392 g/mol. The van der Waals surface area contributed by atoms with E-state index in [1.807, 2.05) is 31.2 Å². The van der Waals surface area contributed by atoms with Gasteiger partial charge < -0.3 is 20.9 Å². The van der Waals surface area contributed by atoms with Crippen LogP contribution in [0.2, 0.25) is 0 Å². The summed E-state index contributed by atoms with van der Waals surface area (Å²) in [6.07, 6.45) is 4.60. The lowest BCUT2D eigenvalue weighted by molar-refractivity contribution is 0.102. The number of H-pyrrole nitrogens is 1. The molecule has 9 nitrogen and oxygen atoms in total. The summed E-state index contributed by atoms with van der Waals surface area (Å²) in [6, 6.07) is 7.94. The molecule has 5 rings (SSSR count). The monoisotopic (exact) mass is 418 g/mol. The maximum Gasteiger partial charge on any atom is 0.275 e. The number of aromatic amines is 1. The number of piperazine rings is 1. The first kappa shape index (κ1) is 19.5. The molecule has 2 aromatic heterocycles. The number of amides is 1. The van der Waals surface area contributed by atoms with E-state index in [0.717, 1.165) is 79.7 Å². The van der Waals surface area contributed by atoms with Crippen LogP contribution in [0, 0.1) is 6.92 Å². The second-order valence-electron chi connectivity index (χ2n) is 7.92. The number of nitrogens with one attached hydrogen (secondary N) is 4. The smallest absolute Gasteiger partial charge is 0.275 e. The zero-order valence-electron chi connectivity index (χ0n) is 17.5. The van der Waals surface area contributed by atoms with E-state index in [4.69, 9.17) is 0 Å². The third-order valence-electron chi connectivity index (χ3n) is 5.77. The van der Waals surface area contributed by atoms with Crippen molar-refractivity contribution >= 4 is 28.8 Å². The van der Waals surface area contributed by atoms with Crippen LogP contribution in [0.25, 0.3) is 0 Å². The molecule has 4 N–H and O–H groups in total. The van der Waals surface area contributed by atoms with Gasteiger partial charge in [0, 0.05) is 48.8 Å². The molecule has 1 saturated heterocycles. The zero-order valence-corrected chi connectivity index (χ0v) is 17.5. The number of nitrogens with zero attached hydrogens (tertiary/aromatic N) is 4. The van der Waals surface area contributed by atoms with Crippen molar-refractivity contribution in [2.45, 2.75) is 26.2 Å². The van der Waals surface area contributed by atoms with Gasteiger partial charge in [-0.3, -0.25) is 9.89 Å². The molecule has 0 atom stereocenters. The number of benzene rings is 1. The summed E-state index contributed by atoms with van der Waals surface area (Å²) >= 11 is 0. The highest BCUT2D eigenvalue weighted by Crippen LogP contribution is 2.29. The minimum absolute atomic E-state index is 0.252. The molecule has 1 fully saturated rings. The lowest BCUT2D eigenvalue weighted by Gasteiger charge is -2.29. The number of fused-ring (bicyclic) bond motifs is 1. The minimum atomic E-state index is -0.252. The molecule has 1 aliphatic heterocycles. The number of hydrogen-bond donors (Lipinski definition) is 4. The second-order valence-corrected chi connectivity index (χ2v) is 7.92. The van der Waals surface area contributed by atoms with E-state index < -0.39 is 0 Å². The van der Waals surface area contributed by atoms with Crippen molar-refractivity contribution in [2.75, 3.05) is 41.7 Å². The zero-order chi connectivity index (χ0) is 21.2. The number of hydrogen-bond acceptors (Lipinski definition) is 7. The van der Waals surface area contributed by atoms with Crippen LogP contribution in [0.15, 0.2) is 30.5 Å². The topological polar surface area (TPSA) is 111 Å². The standard InChI is InChI=1S/C22H26N8O/c1-14-25-18-4-2-3-17(18)21(26-14)28-19-13-24-29-20(19)22(31)27-15-5-7-16(8-6-15)30-11-9-23-10-12-30/h5-8,13,23H,2-4,9-12H2,1H3,(H,24,29)(H,27,31)(H,25,26,28). The van der Waals surface area contributed by atoms with Gasteiger partial charge in [0.25, 0.3) is 5.91 Å². The van der Waals surface area contributed by atoms with Crippen LogP contribution in [-0.2, 0) is 12.8 Å². The average molecular weight is 419 g/mol. The van der Waals surface area contributed by atoms with E-state index in [9.17, 15) is 4.79 Å². The molecule has 0 bridgehead atoms. The normalized spacial score (nSPS) is 15.6. The van der Waals surface area contributed by atoms with Gasteiger partial charge >= 0.3 is 0 Å². The largest absolute Gasteiger partial charge is 0.369 e. The Labute approximate surface area is 180 Å². The molecule has 0 spiro atoms. The van der Waals surface area contributed by atoms with E-state index >= 15 is 0 Å². The summed E-state index contributed by atoms with van der Waals surface area (Å²) in [5.41, 5.74) is 5.09. The molecule has 2 aliphatic rings. The van der Waals surface area contributed by atoms with Crippen molar-refractivity contribution in [2.24, 2.45) is 0 Å². The van der Waals surface area contributed by atoms with E-state index in [1.54, 1.807) is 6.20 Å². The van der Waals surface area contributed by atoms with Crippen LogP contribution in [0.3, 0.4) is 0 Å². The lowest BCUT2D eigenvalue weighted by Crippen LogP contribution is -2.43. The van der Waals surface area contributed by atoms with Gasteiger partial charge in [0.2, 0.25) is 0 Å². The van der Waals surface area contributed by atoms with Crippen LogP contribution < -0.4 is 20.9 Å². The molecule has 31 heavy (non-hydrogen) atoms. The Kier molecular flexibility index (Phi) is 5.25. The van der Waals surface area contributed by atoms with E-state index in [-0.39, 0.29) is 5.91 Å². The van der Waals surface area contributed by atoms with E-state index in [1.165, 1.54) is 0 Å². The summed E-state index contributed by atoms with van der Waals surface area (Å²) < 4.78 is 0. The number of anilines is 4. The van der Waals surface area contributed by atoms with Crippen LogP contribution >= 0.6 is 0 Å². The van der Waals surface area contributed by atoms with Gasteiger partial charge in [-0.15, -0.1) is 0 Å². The Morgan fingerprint density at radius 2 is 1.90 bits per heavy atom. The van der Waals surface area contributed by atoms with Crippen LogP contribution in [0.1, 0.15) is 34.0 Å². The SMILES string of the molecule is Cc1nc2c(c(Nc3cn[nH]c3C(=O)Nc3ccc(N4CCNCC4)cc3)n1)CCC2. The molecule has 160 valence electrons. The summed E-state index contributed by atoms with van der Waals surface area (Å²) in [6.45, 7) is 5.84. The molecule has 3 aromatic rings. The first-order chi connectivity index (χ1) is 15.2. The Morgan fingerprint density at radius 1 is 1.10 bits per heavy atom. The van der Waals surface area contributed by atoms with Crippen molar-refractivity contribution in [3.05, 3.63) is 53.2 Å². The molecule has 0 unspecified atom stereocenters. The van der Waals surface area contributed by atoms with Gasteiger partial charge in [0.15, 0.2) is 0 Å². The minimum Gasteiger partial charge on any atom is -0.369 e. The predicted molar refractivity (Wildman–Crippen MR) is 120 cm³/mol. The highest BCUT2D eigenvalue weighted by Gasteiger charge is 2.21. The summed E-state index contributed by atoms with van der Waals surface area (Å²) in [5, 5.41) is 16.5. The number of rotatable bonds is 5. The summed E-state index contributed by atoms with van der Waals surface area (Å²) in [7, 11) is 0. The van der Waals surface area contributed by atoms with E-state index in [0.29, 0.717) is 11.4 Å². The maximum absolute atomic E-state index is 12.9. The van der Waals surface area contributed by atoms with E-state index in [2.05, 4.69) is 41.0 Å². The predicted octanol–water partition coefficient (Wildman–Crippen LogP) is 2.40. The van der Waals surface area contributed by atoms with Gasteiger partial charge in [-0.1, -0.05) is 0 Å². The van der Waals surface area contributed by atoms with Gasteiger partial charge in [0.1, 0.15) is 17.3 Å². The molecule has 1 amide bonds. The summed E-state index contributed by atoms with van der Waals surface area (Å²) in [5.74, 6) is 1.23. The van der Waals surface area contributed by atoms with Crippen molar-refractivity contribution in [3.63, 3.8) is 0 Å². The molecule has 1 aliphatic carbocycles. The van der Waals surface area contributed by atoms with Crippen molar-refractivity contribution in [1.82, 2.24) is 25.5 Å². The molecule has 1 aromatic carbocycles. The Morgan fingerprint density at radius 3 is 2.71 bits per heavy atom. The summed E-state index contributed by atoms with van der Waals surface area (Å²) in [4.78, 5) is 24.3. The first-order valence-electron chi connectivity index (χ1n) is 10.7. The fourth-order valence-corrected chi connectivity index (χ4v) is 4.21. The molecule has 3 heterocycles. The van der Waals surface area contributed by atoms with Crippen LogP contribution in [0.4, 0.5) is 22.9 Å². The Bertz CT molecular complexity index is 1090. The Hall–Kier alpha value is -3.46. The fraction of sp³-hybridized carbons (Fsp3) is 0.364. The third kappa shape index (κ3) is 4.09. The molecule has 0 radical (unpaired) electrons. The number of carbonyl (C=O) groups excluding carboxylic acids is 1. The van der Waals surface area contributed by atoms with Gasteiger partial charge in [-0.2, -0.15) is 5.10 Å². The average Bonchev–Trinajstić information content (AvgIpc) is 3.44. The first-order valence-corrected chi connectivity index (χ1v) is 10.7. The van der Waals surface area contributed by atoms with Crippen LogP contribution in [-0.4, -0.2) is 52.3 Å². The van der Waals surface area contributed by atoms with Gasteiger partial charge in [0.05, 0.1) is 11.9 Å². The van der Waals surface area contributed by atoms with Crippen molar-refractivity contribution in [1.29, 1.82) is 0 Å².